The molecule has 112 valence electrons. The first kappa shape index (κ1) is 15.7. The highest BCUT2D eigenvalue weighted by atomic mass is 79.9. The Kier molecular flexibility index (Phi) is 5.81. The summed E-state index contributed by atoms with van der Waals surface area (Å²) in [5.74, 6) is 1.11. The molecule has 1 aliphatic rings. The highest BCUT2D eigenvalue weighted by molar-refractivity contribution is 9.10. The molecule has 1 atom stereocenters. The van der Waals surface area contributed by atoms with E-state index in [9.17, 15) is 0 Å². The topological polar surface area (TPSA) is 31.4 Å². The maximum absolute atomic E-state index is 4.65. The van der Waals surface area contributed by atoms with Crippen LogP contribution in [-0.4, -0.2) is 49.7 Å². The molecular formula is C15H25BrN4. The summed E-state index contributed by atoms with van der Waals surface area (Å²) in [7, 11) is 4.38. The number of halogens is 1. The summed E-state index contributed by atoms with van der Waals surface area (Å²) in [6, 6.07) is 2.73. The van der Waals surface area contributed by atoms with Crippen molar-refractivity contribution in [2.75, 3.05) is 38.6 Å². The van der Waals surface area contributed by atoms with E-state index in [1.165, 1.54) is 24.9 Å². The highest BCUT2D eigenvalue weighted by Crippen LogP contribution is 2.25. The second kappa shape index (κ2) is 7.38. The van der Waals surface area contributed by atoms with Gasteiger partial charge in [-0.3, -0.25) is 0 Å². The SMILES string of the molecule is CCNCc1cc(Br)cnc1N(C)C1CCCN(C)C1. The lowest BCUT2D eigenvalue weighted by molar-refractivity contribution is 0.247. The fourth-order valence-corrected chi connectivity index (χ4v) is 3.19. The van der Waals surface area contributed by atoms with Crippen LogP contribution in [0.15, 0.2) is 16.7 Å². The summed E-state index contributed by atoms with van der Waals surface area (Å²) in [6.45, 7) is 6.30. The van der Waals surface area contributed by atoms with E-state index in [4.69, 9.17) is 0 Å². The zero-order chi connectivity index (χ0) is 14.5. The molecule has 2 heterocycles. The molecule has 0 saturated carbocycles. The number of likely N-dealkylation sites (N-methyl/N-ethyl adjacent to an activating group) is 2. The van der Waals surface area contributed by atoms with Crippen molar-refractivity contribution in [2.24, 2.45) is 0 Å². The van der Waals surface area contributed by atoms with Gasteiger partial charge in [-0.15, -0.1) is 0 Å². The number of rotatable bonds is 5. The van der Waals surface area contributed by atoms with Crippen LogP contribution in [0.4, 0.5) is 5.82 Å². The van der Waals surface area contributed by atoms with E-state index in [-0.39, 0.29) is 0 Å². The maximum Gasteiger partial charge on any atom is 0.133 e. The molecule has 1 aliphatic heterocycles. The van der Waals surface area contributed by atoms with Crippen molar-refractivity contribution in [1.29, 1.82) is 0 Å². The van der Waals surface area contributed by atoms with E-state index in [0.29, 0.717) is 6.04 Å². The third kappa shape index (κ3) is 3.93. The van der Waals surface area contributed by atoms with E-state index in [2.05, 4.69) is 63.1 Å². The van der Waals surface area contributed by atoms with Gasteiger partial charge in [-0.25, -0.2) is 4.98 Å². The van der Waals surface area contributed by atoms with Gasteiger partial charge in [-0.1, -0.05) is 6.92 Å². The molecule has 2 rings (SSSR count). The Balaban J connectivity index is 2.17. The molecule has 4 nitrogen and oxygen atoms in total. The lowest BCUT2D eigenvalue weighted by Gasteiger charge is -2.37. The minimum atomic E-state index is 0.558. The van der Waals surface area contributed by atoms with Crippen LogP contribution in [0, 0.1) is 0 Å². The monoisotopic (exact) mass is 340 g/mol. The van der Waals surface area contributed by atoms with Gasteiger partial charge in [0, 0.05) is 42.4 Å². The quantitative estimate of drug-likeness (QED) is 0.892. The number of piperidine rings is 1. The predicted octanol–water partition coefficient (Wildman–Crippen LogP) is 2.48. The highest BCUT2D eigenvalue weighted by Gasteiger charge is 2.23. The first-order chi connectivity index (χ1) is 9.61. The Hall–Kier alpha value is -0.650. The van der Waals surface area contributed by atoms with Crippen LogP contribution in [0.3, 0.4) is 0 Å². The third-order valence-electron chi connectivity index (χ3n) is 3.96. The molecule has 0 aromatic carbocycles. The van der Waals surface area contributed by atoms with Crippen molar-refractivity contribution in [3.05, 3.63) is 22.3 Å². The van der Waals surface area contributed by atoms with Crippen molar-refractivity contribution in [2.45, 2.75) is 32.4 Å². The molecule has 1 fully saturated rings. The summed E-state index contributed by atoms with van der Waals surface area (Å²) >= 11 is 3.53. The molecule has 0 amide bonds. The number of hydrogen-bond acceptors (Lipinski definition) is 4. The lowest BCUT2D eigenvalue weighted by Crippen LogP contribution is -2.45. The number of nitrogens with zero attached hydrogens (tertiary/aromatic N) is 3. The lowest BCUT2D eigenvalue weighted by atomic mass is 10.0. The first-order valence-corrected chi connectivity index (χ1v) is 8.17. The molecule has 20 heavy (non-hydrogen) atoms. The second-order valence-electron chi connectivity index (χ2n) is 5.59. The number of likely N-dealkylation sites (tertiary alicyclic amines) is 1. The number of aromatic nitrogens is 1. The minimum absolute atomic E-state index is 0.558. The Labute approximate surface area is 130 Å². The van der Waals surface area contributed by atoms with Gasteiger partial charge in [-0.2, -0.15) is 0 Å². The molecule has 1 aromatic heterocycles. The van der Waals surface area contributed by atoms with Crippen LogP contribution in [0.25, 0.3) is 0 Å². The summed E-state index contributed by atoms with van der Waals surface area (Å²) in [5, 5.41) is 3.40. The van der Waals surface area contributed by atoms with E-state index in [1.807, 2.05) is 6.20 Å². The van der Waals surface area contributed by atoms with Crippen molar-refractivity contribution in [3.8, 4) is 0 Å². The molecule has 1 saturated heterocycles. The van der Waals surface area contributed by atoms with Crippen molar-refractivity contribution < 1.29 is 0 Å². The maximum atomic E-state index is 4.65. The number of pyridine rings is 1. The van der Waals surface area contributed by atoms with Crippen LogP contribution < -0.4 is 10.2 Å². The summed E-state index contributed by atoms with van der Waals surface area (Å²) in [4.78, 5) is 9.42. The van der Waals surface area contributed by atoms with Crippen LogP contribution in [0.5, 0.6) is 0 Å². The van der Waals surface area contributed by atoms with Gasteiger partial charge >= 0.3 is 0 Å². The Morgan fingerprint density at radius 3 is 3.05 bits per heavy atom. The largest absolute Gasteiger partial charge is 0.355 e. The second-order valence-corrected chi connectivity index (χ2v) is 6.50. The van der Waals surface area contributed by atoms with Crippen molar-refractivity contribution in [3.63, 3.8) is 0 Å². The number of anilines is 1. The average Bonchev–Trinajstić information content (AvgIpc) is 2.44. The van der Waals surface area contributed by atoms with Crippen LogP contribution in [-0.2, 0) is 6.54 Å². The fraction of sp³-hybridized carbons (Fsp3) is 0.667. The Morgan fingerprint density at radius 2 is 2.35 bits per heavy atom. The Bertz CT molecular complexity index is 438. The van der Waals surface area contributed by atoms with E-state index in [1.54, 1.807) is 0 Å². The average molecular weight is 341 g/mol. The molecule has 1 aromatic rings. The summed E-state index contributed by atoms with van der Waals surface area (Å²) in [5.41, 5.74) is 1.26. The van der Waals surface area contributed by atoms with Crippen molar-refractivity contribution in [1.82, 2.24) is 15.2 Å². The van der Waals surface area contributed by atoms with Gasteiger partial charge < -0.3 is 15.1 Å². The van der Waals surface area contributed by atoms with E-state index in [0.717, 1.165) is 29.9 Å². The molecule has 0 radical (unpaired) electrons. The van der Waals surface area contributed by atoms with E-state index < -0.39 is 0 Å². The molecule has 1 N–H and O–H groups in total. The zero-order valence-electron chi connectivity index (χ0n) is 12.7. The van der Waals surface area contributed by atoms with Gasteiger partial charge in [-0.05, 0) is 55.0 Å². The van der Waals surface area contributed by atoms with Gasteiger partial charge in [0.15, 0.2) is 0 Å². The number of nitrogens with one attached hydrogen (secondary N) is 1. The van der Waals surface area contributed by atoms with Crippen molar-refractivity contribution >= 4 is 21.7 Å². The predicted molar refractivity (Wildman–Crippen MR) is 88.2 cm³/mol. The number of hydrogen-bond donors (Lipinski definition) is 1. The summed E-state index contributed by atoms with van der Waals surface area (Å²) < 4.78 is 1.04. The van der Waals surface area contributed by atoms with Gasteiger partial charge in [0.1, 0.15) is 5.82 Å². The van der Waals surface area contributed by atoms with Crippen LogP contribution in [0.1, 0.15) is 25.3 Å². The van der Waals surface area contributed by atoms with E-state index >= 15 is 0 Å². The summed E-state index contributed by atoms with van der Waals surface area (Å²) in [6.07, 6.45) is 4.41. The molecule has 0 aliphatic carbocycles. The molecule has 5 heteroatoms. The molecular weight excluding hydrogens is 316 g/mol. The van der Waals surface area contributed by atoms with Gasteiger partial charge in [0.25, 0.3) is 0 Å². The van der Waals surface area contributed by atoms with Gasteiger partial charge in [0.2, 0.25) is 0 Å². The third-order valence-corrected chi connectivity index (χ3v) is 4.39. The zero-order valence-corrected chi connectivity index (χ0v) is 14.3. The minimum Gasteiger partial charge on any atom is -0.355 e. The first-order valence-electron chi connectivity index (χ1n) is 7.38. The molecule has 0 spiro atoms. The van der Waals surface area contributed by atoms with Crippen LogP contribution in [0.2, 0.25) is 0 Å². The standard InChI is InChI=1S/C15H25BrN4/c1-4-17-9-12-8-13(16)10-18-15(12)20(3)14-6-5-7-19(2)11-14/h8,10,14,17H,4-7,9,11H2,1-3H3. The molecule has 0 bridgehead atoms. The van der Waals surface area contributed by atoms with Gasteiger partial charge in [0.05, 0.1) is 0 Å². The fourth-order valence-electron chi connectivity index (χ4n) is 2.81. The Morgan fingerprint density at radius 1 is 1.55 bits per heavy atom. The van der Waals surface area contributed by atoms with Crippen LogP contribution >= 0.6 is 15.9 Å². The molecule has 1 unspecified atom stereocenters. The smallest absolute Gasteiger partial charge is 0.133 e. The normalized spacial score (nSPS) is 20.1.